The van der Waals surface area contributed by atoms with Gasteiger partial charge in [0.05, 0.1) is 12.7 Å². The smallest absolute Gasteiger partial charge is 0.197 e. The quantitative estimate of drug-likeness (QED) is 0.748. The summed E-state index contributed by atoms with van der Waals surface area (Å²) in [7, 11) is 3.57. The molecule has 1 saturated heterocycles. The second-order valence-electron chi connectivity index (χ2n) is 7.05. The molecule has 1 fully saturated rings. The molecule has 2 heterocycles. The summed E-state index contributed by atoms with van der Waals surface area (Å²) < 4.78 is 11.6. The number of aromatic hydroxyl groups is 1. The molecule has 27 heavy (non-hydrogen) atoms. The van der Waals surface area contributed by atoms with Crippen LogP contribution in [0.25, 0.3) is 22.3 Å². The Morgan fingerprint density at radius 3 is 2.67 bits per heavy atom. The first-order chi connectivity index (χ1) is 13.1. The van der Waals surface area contributed by atoms with E-state index < -0.39 is 0 Å². The zero-order valence-corrected chi connectivity index (χ0v) is 15.6. The Kier molecular flexibility index (Phi) is 4.62. The standard InChI is InChI=1S/C22H23NO4/c1-23-11-7-6-10-15(23)20-16(24)13-19-21(22(20)26-2)17(25)12-18(27-19)14-8-4-3-5-9-14/h3-5,8-9,12-13,15,24H,6-7,10-11H2,1-2H3/t15-/m0/s1. The van der Waals surface area contributed by atoms with Gasteiger partial charge in [-0.05, 0) is 26.4 Å². The summed E-state index contributed by atoms with van der Waals surface area (Å²) in [5.41, 5.74) is 1.64. The molecule has 0 radical (unpaired) electrons. The average Bonchev–Trinajstić information content (AvgIpc) is 2.68. The van der Waals surface area contributed by atoms with Crippen molar-refractivity contribution in [2.24, 2.45) is 0 Å². The Morgan fingerprint density at radius 2 is 1.96 bits per heavy atom. The summed E-state index contributed by atoms with van der Waals surface area (Å²) in [6, 6.07) is 12.5. The van der Waals surface area contributed by atoms with Gasteiger partial charge < -0.3 is 14.3 Å². The molecule has 1 aliphatic heterocycles. The summed E-state index contributed by atoms with van der Waals surface area (Å²) in [6.07, 6.45) is 3.13. The summed E-state index contributed by atoms with van der Waals surface area (Å²) >= 11 is 0. The van der Waals surface area contributed by atoms with Crippen molar-refractivity contribution in [2.45, 2.75) is 25.3 Å². The molecule has 0 saturated carbocycles. The van der Waals surface area contributed by atoms with Crippen molar-refractivity contribution in [3.63, 3.8) is 0 Å². The maximum absolute atomic E-state index is 12.9. The third kappa shape index (κ3) is 3.08. The molecule has 0 unspecified atom stereocenters. The normalized spacial score (nSPS) is 17.9. The fourth-order valence-corrected chi connectivity index (χ4v) is 4.01. The molecule has 3 aromatic rings. The molecule has 140 valence electrons. The van der Waals surface area contributed by atoms with E-state index in [1.54, 1.807) is 6.07 Å². The van der Waals surface area contributed by atoms with Gasteiger partial charge >= 0.3 is 0 Å². The molecular formula is C22H23NO4. The van der Waals surface area contributed by atoms with E-state index in [0.717, 1.165) is 31.4 Å². The second-order valence-corrected chi connectivity index (χ2v) is 7.05. The number of likely N-dealkylation sites (tertiary alicyclic amines) is 1. The molecular weight excluding hydrogens is 342 g/mol. The number of phenols is 1. The van der Waals surface area contributed by atoms with Gasteiger partial charge in [0.2, 0.25) is 0 Å². The van der Waals surface area contributed by atoms with Crippen LogP contribution in [0.4, 0.5) is 0 Å². The van der Waals surface area contributed by atoms with Gasteiger partial charge in [-0.15, -0.1) is 0 Å². The predicted octanol–water partition coefficient (Wildman–Crippen LogP) is 4.33. The molecule has 2 aromatic carbocycles. The largest absolute Gasteiger partial charge is 0.507 e. The van der Waals surface area contributed by atoms with E-state index in [9.17, 15) is 9.90 Å². The van der Waals surface area contributed by atoms with Crippen LogP contribution in [-0.2, 0) is 0 Å². The van der Waals surface area contributed by atoms with Gasteiger partial charge in [0, 0.05) is 23.7 Å². The molecule has 5 heteroatoms. The van der Waals surface area contributed by atoms with Crippen molar-refractivity contribution in [1.82, 2.24) is 4.90 Å². The SMILES string of the molecule is COc1c([C@@H]2CCCCN2C)c(O)cc2oc(-c3ccccc3)cc(=O)c12. The third-order valence-corrected chi connectivity index (χ3v) is 5.36. The van der Waals surface area contributed by atoms with Crippen LogP contribution < -0.4 is 10.2 Å². The number of hydrogen-bond acceptors (Lipinski definition) is 5. The van der Waals surface area contributed by atoms with Crippen LogP contribution in [0.2, 0.25) is 0 Å². The number of fused-ring (bicyclic) bond motifs is 1. The zero-order valence-electron chi connectivity index (χ0n) is 15.6. The first-order valence-corrected chi connectivity index (χ1v) is 9.23. The number of ether oxygens (including phenoxy) is 1. The van der Waals surface area contributed by atoms with Crippen molar-refractivity contribution < 1.29 is 14.3 Å². The first kappa shape index (κ1) is 17.6. The van der Waals surface area contributed by atoms with Gasteiger partial charge in [0.25, 0.3) is 0 Å². The van der Waals surface area contributed by atoms with Crippen LogP contribution in [0.3, 0.4) is 0 Å². The van der Waals surface area contributed by atoms with Crippen molar-refractivity contribution in [2.75, 3.05) is 20.7 Å². The number of hydrogen-bond donors (Lipinski definition) is 1. The van der Waals surface area contributed by atoms with Crippen molar-refractivity contribution in [3.8, 4) is 22.8 Å². The zero-order chi connectivity index (χ0) is 19.0. The third-order valence-electron chi connectivity index (χ3n) is 5.36. The molecule has 0 aliphatic carbocycles. The maximum Gasteiger partial charge on any atom is 0.197 e. The number of piperidine rings is 1. The van der Waals surface area contributed by atoms with Crippen LogP contribution in [0, 0.1) is 0 Å². The van der Waals surface area contributed by atoms with Gasteiger partial charge in [0.1, 0.15) is 28.2 Å². The fraction of sp³-hybridized carbons (Fsp3) is 0.318. The minimum atomic E-state index is -0.174. The number of rotatable bonds is 3. The van der Waals surface area contributed by atoms with Gasteiger partial charge in [-0.25, -0.2) is 0 Å². The molecule has 5 nitrogen and oxygen atoms in total. The van der Waals surface area contributed by atoms with Crippen molar-refractivity contribution in [3.05, 3.63) is 58.3 Å². The van der Waals surface area contributed by atoms with E-state index in [1.807, 2.05) is 37.4 Å². The highest BCUT2D eigenvalue weighted by molar-refractivity contribution is 5.88. The van der Waals surface area contributed by atoms with Crippen LogP contribution in [0.15, 0.2) is 51.7 Å². The topological polar surface area (TPSA) is 62.9 Å². The number of phenolic OH excluding ortho intramolecular Hbond substituents is 1. The lowest BCUT2D eigenvalue weighted by atomic mass is 9.93. The number of methoxy groups -OCH3 is 1. The molecule has 0 bridgehead atoms. The maximum atomic E-state index is 12.9. The highest BCUT2D eigenvalue weighted by atomic mass is 16.5. The average molecular weight is 365 g/mol. The molecule has 0 spiro atoms. The van der Waals surface area contributed by atoms with E-state index >= 15 is 0 Å². The van der Waals surface area contributed by atoms with Crippen LogP contribution in [0.1, 0.15) is 30.9 Å². The first-order valence-electron chi connectivity index (χ1n) is 9.23. The van der Waals surface area contributed by atoms with Crippen LogP contribution >= 0.6 is 0 Å². The van der Waals surface area contributed by atoms with Crippen molar-refractivity contribution in [1.29, 1.82) is 0 Å². The van der Waals surface area contributed by atoms with Gasteiger partial charge in [0.15, 0.2) is 5.43 Å². The summed E-state index contributed by atoms with van der Waals surface area (Å²) in [5.74, 6) is 0.987. The second kappa shape index (κ2) is 7.08. The van der Waals surface area contributed by atoms with Gasteiger partial charge in [-0.2, -0.15) is 0 Å². The number of benzene rings is 2. The van der Waals surface area contributed by atoms with Crippen LogP contribution in [-0.4, -0.2) is 30.7 Å². The van der Waals surface area contributed by atoms with E-state index in [2.05, 4.69) is 4.90 Å². The lowest BCUT2D eigenvalue weighted by molar-refractivity contribution is 0.180. The molecule has 1 aliphatic rings. The fourth-order valence-electron chi connectivity index (χ4n) is 4.01. The highest BCUT2D eigenvalue weighted by Gasteiger charge is 2.29. The Hall–Kier alpha value is -2.79. The Balaban J connectivity index is 1.94. The summed E-state index contributed by atoms with van der Waals surface area (Å²) in [5, 5.41) is 11.2. The van der Waals surface area contributed by atoms with Gasteiger partial charge in [-0.3, -0.25) is 9.69 Å². The lowest BCUT2D eigenvalue weighted by Crippen LogP contribution is -2.30. The van der Waals surface area contributed by atoms with E-state index in [-0.39, 0.29) is 17.2 Å². The van der Waals surface area contributed by atoms with E-state index in [4.69, 9.17) is 9.15 Å². The minimum Gasteiger partial charge on any atom is -0.507 e. The molecule has 1 N–H and O–H groups in total. The van der Waals surface area contributed by atoms with Crippen molar-refractivity contribution >= 4 is 11.0 Å². The van der Waals surface area contributed by atoms with Crippen LogP contribution in [0.5, 0.6) is 11.5 Å². The Morgan fingerprint density at radius 1 is 1.19 bits per heavy atom. The predicted molar refractivity (Wildman–Crippen MR) is 105 cm³/mol. The number of nitrogens with zero attached hydrogens (tertiary/aromatic N) is 1. The van der Waals surface area contributed by atoms with Gasteiger partial charge in [-0.1, -0.05) is 36.8 Å². The lowest BCUT2D eigenvalue weighted by Gasteiger charge is -2.34. The summed E-state index contributed by atoms with van der Waals surface area (Å²) in [6.45, 7) is 0.951. The molecule has 1 aromatic heterocycles. The minimum absolute atomic E-state index is 0.0197. The monoisotopic (exact) mass is 365 g/mol. The molecule has 0 amide bonds. The molecule has 1 atom stereocenters. The highest BCUT2D eigenvalue weighted by Crippen LogP contribution is 2.44. The van der Waals surface area contributed by atoms with E-state index in [1.165, 1.54) is 13.2 Å². The Bertz CT molecular complexity index is 1030. The Labute approximate surface area is 157 Å². The summed E-state index contributed by atoms with van der Waals surface area (Å²) in [4.78, 5) is 15.1. The molecule has 4 rings (SSSR count). The van der Waals surface area contributed by atoms with E-state index in [0.29, 0.717) is 28.0 Å².